The van der Waals surface area contributed by atoms with Crippen LogP contribution in [0.3, 0.4) is 0 Å². The van der Waals surface area contributed by atoms with Gasteiger partial charge in [-0.15, -0.1) is 0 Å². The van der Waals surface area contributed by atoms with E-state index in [1.54, 1.807) is 18.6 Å². The van der Waals surface area contributed by atoms with E-state index in [2.05, 4.69) is 15.3 Å². The van der Waals surface area contributed by atoms with Crippen molar-refractivity contribution in [2.75, 3.05) is 5.32 Å². The molecule has 0 saturated heterocycles. The van der Waals surface area contributed by atoms with Crippen molar-refractivity contribution in [2.45, 2.75) is 6.54 Å². The van der Waals surface area contributed by atoms with Crippen molar-refractivity contribution in [1.29, 1.82) is 5.26 Å². The van der Waals surface area contributed by atoms with E-state index in [-0.39, 0.29) is 11.6 Å². The Morgan fingerprint density at radius 2 is 2.16 bits per heavy atom. The normalized spacial score (nSPS) is 12.2. The van der Waals surface area contributed by atoms with E-state index >= 15 is 0 Å². The molecule has 1 amide bonds. The van der Waals surface area contributed by atoms with Crippen molar-refractivity contribution in [3.63, 3.8) is 0 Å². The Kier molecular flexibility index (Phi) is 3.60. The number of carbonyl (C=O) groups excluding carboxylic acids is 1. The molecule has 25 heavy (non-hydrogen) atoms. The number of hydrogen-bond donors (Lipinski definition) is 1. The number of aliphatic imine (C=N–C) groups is 1. The molecule has 0 radical (unpaired) electrons. The summed E-state index contributed by atoms with van der Waals surface area (Å²) >= 11 is 0. The minimum absolute atomic E-state index is 0.273. The van der Waals surface area contributed by atoms with E-state index < -0.39 is 0 Å². The maximum atomic E-state index is 12.3. The van der Waals surface area contributed by atoms with Crippen LogP contribution in [0.25, 0.3) is 0 Å². The first-order valence-electron chi connectivity index (χ1n) is 7.62. The van der Waals surface area contributed by atoms with Crippen molar-refractivity contribution in [2.24, 2.45) is 4.99 Å². The summed E-state index contributed by atoms with van der Waals surface area (Å²) in [5.74, 6) is -0.281. The van der Waals surface area contributed by atoms with Gasteiger partial charge in [0.25, 0.3) is 5.91 Å². The molecule has 6 nitrogen and oxygen atoms in total. The largest absolute Gasteiger partial charge is 0.472 e. The number of rotatable bonds is 3. The summed E-state index contributed by atoms with van der Waals surface area (Å²) in [4.78, 5) is 20.8. The Morgan fingerprint density at radius 3 is 2.88 bits per heavy atom. The molecular weight excluding hydrogens is 316 g/mol. The Morgan fingerprint density at radius 1 is 1.24 bits per heavy atom. The van der Waals surface area contributed by atoms with Gasteiger partial charge in [0.15, 0.2) is 0 Å². The molecular formula is C19H12N4O2. The van der Waals surface area contributed by atoms with Gasteiger partial charge in [0.05, 0.1) is 30.3 Å². The van der Waals surface area contributed by atoms with Crippen molar-refractivity contribution in [3.05, 3.63) is 83.1 Å². The number of anilines is 1. The second-order valence-electron chi connectivity index (χ2n) is 5.55. The summed E-state index contributed by atoms with van der Waals surface area (Å²) in [6.45, 7) is 0.615. The van der Waals surface area contributed by atoms with Gasteiger partial charge in [0.2, 0.25) is 0 Å². The fraction of sp³-hybridized carbons (Fsp3) is 0.0526. The van der Waals surface area contributed by atoms with E-state index in [0.717, 1.165) is 22.4 Å². The number of nitrogens with zero attached hydrogens (tertiary/aromatic N) is 3. The maximum absolute atomic E-state index is 12.3. The molecule has 6 heteroatoms. The Labute approximate surface area is 143 Å². The molecule has 0 spiro atoms. The average Bonchev–Trinajstić information content (AvgIpc) is 3.30. The molecule has 0 aliphatic carbocycles. The number of aromatic nitrogens is 1. The van der Waals surface area contributed by atoms with Crippen LogP contribution in [-0.4, -0.2) is 16.6 Å². The molecule has 0 saturated carbocycles. The molecule has 1 aliphatic heterocycles. The van der Waals surface area contributed by atoms with Gasteiger partial charge in [-0.25, -0.2) is 4.98 Å². The lowest BCUT2D eigenvalue weighted by atomic mass is 10.0. The van der Waals surface area contributed by atoms with E-state index in [1.807, 2.05) is 30.3 Å². The smallest absolute Gasteiger partial charge is 0.257 e. The summed E-state index contributed by atoms with van der Waals surface area (Å²) in [7, 11) is 0. The number of benzene rings is 1. The summed E-state index contributed by atoms with van der Waals surface area (Å²) in [6, 6.07) is 12.6. The van der Waals surface area contributed by atoms with Gasteiger partial charge in [-0.05, 0) is 35.9 Å². The highest BCUT2D eigenvalue weighted by Gasteiger charge is 2.19. The van der Waals surface area contributed by atoms with E-state index in [4.69, 9.17) is 9.68 Å². The van der Waals surface area contributed by atoms with Gasteiger partial charge >= 0.3 is 0 Å². The molecule has 1 aliphatic rings. The molecule has 0 bridgehead atoms. The van der Waals surface area contributed by atoms with E-state index in [9.17, 15) is 4.79 Å². The molecule has 2 aromatic heterocycles. The molecule has 0 atom stereocenters. The molecule has 0 fully saturated rings. The van der Waals surface area contributed by atoms with E-state index in [1.165, 1.54) is 12.3 Å². The van der Waals surface area contributed by atoms with E-state index in [0.29, 0.717) is 17.8 Å². The summed E-state index contributed by atoms with van der Waals surface area (Å²) in [5.41, 5.74) is 5.20. The number of carbonyl (C=O) groups is 1. The lowest BCUT2D eigenvalue weighted by molar-refractivity contribution is 0.102. The summed E-state index contributed by atoms with van der Waals surface area (Å²) in [6.07, 6.45) is 4.65. The number of hydrogen-bond acceptors (Lipinski definition) is 5. The Bertz CT molecular complexity index is 1010. The average molecular weight is 328 g/mol. The first-order valence-corrected chi connectivity index (χ1v) is 7.62. The van der Waals surface area contributed by atoms with Crippen LogP contribution in [0.2, 0.25) is 0 Å². The van der Waals surface area contributed by atoms with Crippen molar-refractivity contribution in [1.82, 2.24) is 4.98 Å². The molecule has 1 N–H and O–H groups in total. The predicted molar refractivity (Wildman–Crippen MR) is 91.4 cm³/mol. The minimum Gasteiger partial charge on any atom is -0.472 e. The van der Waals surface area contributed by atoms with Crippen LogP contribution in [0.4, 0.5) is 5.69 Å². The highest BCUT2D eigenvalue weighted by Crippen LogP contribution is 2.26. The Hall–Kier alpha value is -3.72. The zero-order valence-corrected chi connectivity index (χ0v) is 13.1. The van der Waals surface area contributed by atoms with Gasteiger partial charge in [-0.2, -0.15) is 5.26 Å². The fourth-order valence-electron chi connectivity index (χ4n) is 2.71. The monoisotopic (exact) mass is 328 g/mol. The number of nitriles is 1. The van der Waals surface area contributed by atoms with Gasteiger partial charge in [0, 0.05) is 23.0 Å². The first-order chi connectivity index (χ1) is 12.2. The number of nitrogens with one attached hydrogen (secondary N) is 1. The predicted octanol–water partition coefficient (Wildman–Crippen LogP) is 3.15. The highest BCUT2D eigenvalue weighted by atomic mass is 16.3. The maximum Gasteiger partial charge on any atom is 0.257 e. The standard InChI is InChI=1S/C19H12N4O2/c20-8-16-4-2-13(10-21-16)19(24)23-15-3-1-12-9-22-18(17(12)7-15)14-5-6-25-11-14/h1-7,10-11H,9H2,(H,23,24). The van der Waals surface area contributed by atoms with Gasteiger partial charge in [-0.1, -0.05) is 6.07 Å². The zero-order valence-electron chi connectivity index (χ0n) is 13.1. The quantitative estimate of drug-likeness (QED) is 0.799. The Balaban J connectivity index is 1.58. The molecule has 3 aromatic rings. The number of fused-ring (bicyclic) bond motifs is 1. The molecule has 120 valence electrons. The second-order valence-corrected chi connectivity index (χ2v) is 5.55. The fourth-order valence-corrected chi connectivity index (χ4v) is 2.71. The third-order valence-corrected chi connectivity index (χ3v) is 3.97. The SMILES string of the molecule is N#Cc1ccc(C(=O)Nc2ccc3c(c2)C(c2ccoc2)=NC3)cn1. The summed E-state index contributed by atoms with van der Waals surface area (Å²) < 4.78 is 5.13. The number of amides is 1. The number of pyridine rings is 1. The van der Waals surface area contributed by atoms with Crippen molar-refractivity contribution >= 4 is 17.3 Å². The lowest BCUT2D eigenvalue weighted by Gasteiger charge is -2.08. The van der Waals surface area contributed by atoms with Crippen LogP contribution >= 0.6 is 0 Å². The number of furan rings is 1. The highest BCUT2D eigenvalue weighted by molar-refractivity contribution is 6.15. The second kappa shape index (κ2) is 6.06. The first kappa shape index (κ1) is 14.8. The zero-order chi connectivity index (χ0) is 17.2. The topological polar surface area (TPSA) is 91.3 Å². The van der Waals surface area contributed by atoms with Crippen LogP contribution in [0, 0.1) is 11.3 Å². The van der Waals surface area contributed by atoms with Crippen LogP contribution in [0.1, 0.15) is 32.7 Å². The molecule has 4 rings (SSSR count). The van der Waals surface area contributed by atoms with Crippen molar-refractivity contribution in [3.8, 4) is 6.07 Å². The molecule has 1 aromatic carbocycles. The minimum atomic E-state index is -0.281. The molecule has 0 unspecified atom stereocenters. The summed E-state index contributed by atoms with van der Waals surface area (Å²) in [5, 5.41) is 11.6. The van der Waals surface area contributed by atoms with Gasteiger partial charge < -0.3 is 9.73 Å². The third kappa shape index (κ3) is 2.79. The van der Waals surface area contributed by atoms with Gasteiger partial charge in [0.1, 0.15) is 11.8 Å². The van der Waals surface area contributed by atoms with Gasteiger partial charge in [-0.3, -0.25) is 9.79 Å². The van der Waals surface area contributed by atoms with Crippen LogP contribution in [0.15, 0.2) is 64.5 Å². The van der Waals surface area contributed by atoms with Crippen molar-refractivity contribution < 1.29 is 9.21 Å². The molecule has 3 heterocycles. The lowest BCUT2D eigenvalue weighted by Crippen LogP contribution is -2.13. The third-order valence-electron chi connectivity index (χ3n) is 3.97. The van der Waals surface area contributed by atoms with Crippen LogP contribution in [-0.2, 0) is 6.54 Å². The van der Waals surface area contributed by atoms with Crippen LogP contribution in [0.5, 0.6) is 0 Å². The van der Waals surface area contributed by atoms with Crippen LogP contribution < -0.4 is 5.32 Å².